The van der Waals surface area contributed by atoms with E-state index in [1.165, 1.54) is 77.0 Å². The zero-order valence-corrected chi connectivity index (χ0v) is 31.9. The van der Waals surface area contributed by atoms with Crippen LogP contribution in [-0.4, -0.2) is 34.9 Å². The van der Waals surface area contributed by atoms with Crippen LogP contribution in [0.2, 0.25) is 0 Å². The predicted molar refractivity (Wildman–Crippen MR) is 216 cm³/mol. The van der Waals surface area contributed by atoms with Crippen LogP contribution < -0.4 is 5.32 Å². The van der Waals surface area contributed by atoms with Gasteiger partial charge in [0.05, 0.1) is 18.8 Å². The monoisotopic (exact) mass is 680 g/mol. The molecule has 0 heterocycles. The zero-order valence-electron chi connectivity index (χ0n) is 31.9. The smallest absolute Gasteiger partial charge is 0.220 e. The first-order chi connectivity index (χ1) is 24.2. The van der Waals surface area contributed by atoms with E-state index in [0.717, 1.165) is 77.0 Å². The Morgan fingerprint density at radius 3 is 1.43 bits per heavy atom. The molecule has 0 saturated carbocycles. The fourth-order valence-electron chi connectivity index (χ4n) is 5.51. The zero-order chi connectivity index (χ0) is 35.7. The molecular weight excluding hydrogens is 602 g/mol. The Balaban J connectivity index is 3.73. The highest BCUT2D eigenvalue weighted by Crippen LogP contribution is 2.12. The van der Waals surface area contributed by atoms with Gasteiger partial charge in [0.2, 0.25) is 5.91 Å². The Labute approximate surface area is 303 Å². The van der Waals surface area contributed by atoms with Crippen molar-refractivity contribution in [2.45, 2.75) is 187 Å². The number of aliphatic hydroxyl groups is 2. The number of unbranched alkanes of at least 4 members (excludes halogenated alkanes) is 16. The van der Waals surface area contributed by atoms with Gasteiger partial charge in [-0.15, -0.1) is 0 Å². The van der Waals surface area contributed by atoms with E-state index in [-0.39, 0.29) is 12.5 Å². The van der Waals surface area contributed by atoms with Crippen LogP contribution in [0.25, 0.3) is 0 Å². The number of hydrogen-bond donors (Lipinski definition) is 3. The minimum absolute atomic E-state index is 0.0970. The molecule has 4 heteroatoms. The van der Waals surface area contributed by atoms with Gasteiger partial charge in [0.15, 0.2) is 0 Å². The van der Waals surface area contributed by atoms with Crippen molar-refractivity contribution in [1.29, 1.82) is 0 Å². The second-order valence-corrected chi connectivity index (χ2v) is 13.3. The number of carbonyl (C=O) groups is 1. The van der Waals surface area contributed by atoms with Gasteiger partial charge < -0.3 is 15.5 Å². The molecule has 3 N–H and O–H groups in total. The van der Waals surface area contributed by atoms with E-state index < -0.39 is 12.1 Å². The van der Waals surface area contributed by atoms with E-state index >= 15 is 0 Å². The molecular formula is C45H77NO3. The Bertz CT molecular complexity index is 910. The van der Waals surface area contributed by atoms with Gasteiger partial charge in [0, 0.05) is 6.42 Å². The number of aliphatic hydroxyl groups excluding tert-OH is 2. The first kappa shape index (κ1) is 46.6. The van der Waals surface area contributed by atoms with Crippen LogP contribution >= 0.6 is 0 Å². The third-order valence-electron chi connectivity index (χ3n) is 8.61. The lowest BCUT2D eigenvalue weighted by Gasteiger charge is -2.19. The fourth-order valence-corrected chi connectivity index (χ4v) is 5.51. The van der Waals surface area contributed by atoms with Crippen LogP contribution in [0.5, 0.6) is 0 Å². The summed E-state index contributed by atoms with van der Waals surface area (Å²) < 4.78 is 0. The third-order valence-corrected chi connectivity index (χ3v) is 8.61. The topological polar surface area (TPSA) is 69.6 Å². The van der Waals surface area contributed by atoms with Crippen molar-refractivity contribution in [3.05, 3.63) is 85.1 Å². The van der Waals surface area contributed by atoms with Crippen molar-refractivity contribution in [2.24, 2.45) is 0 Å². The number of allylic oxidation sites excluding steroid dienone is 13. The number of rotatable bonds is 35. The third kappa shape index (κ3) is 36.7. The van der Waals surface area contributed by atoms with Gasteiger partial charge in [-0.1, -0.05) is 176 Å². The minimum atomic E-state index is -0.875. The molecule has 0 radical (unpaired) electrons. The molecule has 0 aliphatic heterocycles. The highest BCUT2D eigenvalue weighted by atomic mass is 16.3. The van der Waals surface area contributed by atoms with Gasteiger partial charge in [-0.05, 0) is 77.0 Å². The molecule has 0 bridgehead atoms. The van der Waals surface area contributed by atoms with Crippen LogP contribution in [0.3, 0.4) is 0 Å². The summed E-state index contributed by atoms with van der Waals surface area (Å²) in [4.78, 5) is 12.4. The van der Waals surface area contributed by atoms with Gasteiger partial charge in [0.25, 0.3) is 0 Å². The summed E-state index contributed by atoms with van der Waals surface area (Å²) in [5.41, 5.74) is 0. The quantitative estimate of drug-likeness (QED) is 0.0461. The number of amides is 1. The average Bonchev–Trinajstić information content (AvgIpc) is 3.10. The molecule has 49 heavy (non-hydrogen) atoms. The van der Waals surface area contributed by atoms with Gasteiger partial charge in [-0.2, -0.15) is 0 Å². The molecule has 0 rings (SSSR count). The van der Waals surface area contributed by atoms with Crippen LogP contribution in [0.4, 0.5) is 0 Å². The van der Waals surface area contributed by atoms with Crippen molar-refractivity contribution >= 4 is 5.91 Å². The van der Waals surface area contributed by atoms with Gasteiger partial charge in [0.1, 0.15) is 0 Å². The van der Waals surface area contributed by atoms with E-state index in [0.29, 0.717) is 6.42 Å². The van der Waals surface area contributed by atoms with Crippen molar-refractivity contribution in [3.8, 4) is 0 Å². The van der Waals surface area contributed by atoms with Crippen molar-refractivity contribution in [1.82, 2.24) is 5.32 Å². The van der Waals surface area contributed by atoms with Crippen molar-refractivity contribution < 1.29 is 15.0 Å². The Morgan fingerprint density at radius 2 is 0.918 bits per heavy atom. The second-order valence-electron chi connectivity index (χ2n) is 13.3. The second kappa shape index (κ2) is 40.0. The lowest BCUT2D eigenvalue weighted by atomic mass is 10.1. The summed E-state index contributed by atoms with van der Waals surface area (Å²) in [6.07, 6.45) is 58.2. The number of nitrogens with one attached hydrogen (secondary N) is 1. The maximum atomic E-state index is 12.4. The van der Waals surface area contributed by atoms with Crippen LogP contribution in [-0.2, 0) is 4.79 Å². The molecule has 0 aromatic heterocycles. The molecule has 0 aromatic carbocycles. The first-order valence-corrected chi connectivity index (χ1v) is 20.3. The van der Waals surface area contributed by atoms with Crippen LogP contribution in [0.1, 0.15) is 174 Å². The molecule has 4 nitrogen and oxygen atoms in total. The maximum absolute atomic E-state index is 12.4. The molecule has 280 valence electrons. The van der Waals surface area contributed by atoms with Crippen molar-refractivity contribution in [2.75, 3.05) is 6.61 Å². The molecule has 0 saturated heterocycles. The first-order valence-electron chi connectivity index (χ1n) is 20.3. The number of carbonyl (C=O) groups excluding carboxylic acids is 1. The molecule has 0 spiro atoms. The van der Waals surface area contributed by atoms with E-state index in [1.807, 2.05) is 6.08 Å². The van der Waals surface area contributed by atoms with E-state index in [4.69, 9.17) is 0 Å². The van der Waals surface area contributed by atoms with Gasteiger partial charge in [-0.3, -0.25) is 4.79 Å². The summed E-state index contributed by atoms with van der Waals surface area (Å²) in [6.45, 7) is 4.16. The normalized spacial score (nSPS) is 14.0. The lowest BCUT2D eigenvalue weighted by Crippen LogP contribution is -2.45. The van der Waals surface area contributed by atoms with E-state index in [2.05, 4.69) is 92.1 Å². The summed E-state index contributed by atoms with van der Waals surface area (Å²) in [6, 6.07) is -0.654. The Kier molecular flexibility index (Phi) is 38.0. The average molecular weight is 680 g/mol. The molecule has 0 fully saturated rings. The van der Waals surface area contributed by atoms with Crippen LogP contribution in [0, 0.1) is 0 Å². The van der Waals surface area contributed by atoms with E-state index in [1.54, 1.807) is 6.08 Å². The highest BCUT2D eigenvalue weighted by molar-refractivity contribution is 5.76. The Morgan fingerprint density at radius 1 is 0.510 bits per heavy atom. The van der Waals surface area contributed by atoms with Gasteiger partial charge >= 0.3 is 0 Å². The van der Waals surface area contributed by atoms with Crippen molar-refractivity contribution in [3.63, 3.8) is 0 Å². The maximum Gasteiger partial charge on any atom is 0.220 e. The Hall–Kier alpha value is -2.43. The summed E-state index contributed by atoms with van der Waals surface area (Å²) in [7, 11) is 0. The van der Waals surface area contributed by atoms with Gasteiger partial charge in [-0.25, -0.2) is 0 Å². The van der Waals surface area contributed by atoms with E-state index in [9.17, 15) is 15.0 Å². The highest BCUT2D eigenvalue weighted by Gasteiger charge is 2.17. The fraction of sp³-hybridized carbons (Fsp3) is 0.667. The number of hydrogen-bond acceptors (Lipinski definition) is 3. The lowest BCUT2D eigenvalue weighted by molar-refractivity contribution is -0.123. The summed E-state index contributed by atoms with van der Waals surface area (Å²) in [5.74, 6) is -0.0970. The molecule has 0 aliphatic rings. The minimum Gasteiger partial charge on any atom is -0.394 e. The standard InChI is InChI=1S/C45H77NO3/c1-3-5-7-9-11-13-15-17-19-21-22-23-24-25-27-29-31-33-35-37-39-41-45(49)46-43(42-47)44(48)40-38-36-34-32-30-28-26-20-18-16-14-12-10-8-6-4-2/h5,7,11,13,17,19,22-23,25,27,30,32,38,40,43-44,47-48H,3-4,6,8-10,12,14-16,18,20-21,24,26,28-29,31,33-37,39,41-42H2,1-2H3,(H,46,49)/b7-5-,13-11-,19-17-,23-22-,27-25-,32-30+,40-38+. The van der Waals surface area contributed by atoms with Crippen LogP contribution in [0.15, 0.2) is 85.1 Å². The summed E-state index contributed by atoms with van der Waals surface area (Å²) >= 11 is 0. The predicted octanol–water partition coefficient (Wildman–Crippen LogP) is 12.5. The SMILES string of the molecule is CC/C=C\C/C=C\C/C=C\C/C=C\C/C=C\CCCCCCCC(=O)NC(CO)C(O)/C=C/CC/C=C/CCCCCCCCCCCC. The largest absolute Gasteiger partial charge is 0.394 e. The molecule has 1 amide bonds. The molecule has 2 atom stereocenters. The molecule has 0 aliphatic carbocycles. The summed E-state index contributed by atoms with van der Waals surface area (Å²) in [5, 5.41) is 22.9. The molecule has 2 unspecified atom stereocenters. The molecule has 0 aromatic rings.